The molecule has 5 nitrogen and oxygen atoms in total. The minimum Gasteiger partial charge on any atom is -0.310 e. The zero-order valence-corrected chi connectivity index (χ0v) is 13.3. The predicted molar refractivity (Wildman–Crippen MR) is 84.0 cm³/mol. The molecule has 0 bridgehead atoms. The maximum atomic E-state index is 11.6. The molecule has 0 atom stereocenters. The van der Waals surface area contributed by atoms with Crippen molar-refractivity contribution in [2.24, 2.45) is 0 Å². The lowest BCUT2D eigenvalue weighted by atomic mass is 10.2. The van der Waals surface area contributed by atoms with Crippen LogP contribution in [0.25, 0.3) is 0 Å². The Hall–Kier alpha value is -1.24. The Morgan fingerprint density at radius 2 is 2.33 bits per heavy atom. The summed E-state index contributed by atoms with van der Waals surface area (Å²) in [7, 11) is 0. The average molecular weight is 325 g/mol. The second-order valence-electron chi connectivity index (χ2n) is 5.06. The Balaban J connectivity index is 1.85. The Morgan fingerprint density at radius 1 is 1.52 bits per heavy atom. The van der Waals surface area contributed by atoms with E-state index in [-0.39, 0.29) is 5.69 Å². The number of rotatable bonds is 6. The number of aromatic amines is 1. The molecule has 1 aromatic carbocycles. The van der Waals surface area contributed by atoms with E-state index in [1.54, 1.807) is 4.57 Å². The van der Waals surface area contributed by atoms with Gasteiger partial charge in [0, 0.05) is 29.0 Å². The molecule has 0 spiro atoms. The van der Waals surface area contributed by atoms with Crippen LogP contribution in [0.5, 0.6) is 0 Å². The van der Waals surface area contributed by atoms with Crippen molar-refractivity contribution in [3.05, 3.63) is 39.3 Å². The number of aromatic nitrogens is 3. The first-order chi connectivity index (χ1) is 10.2. The Kier molecular flexibility index (Phi) is 4.37. The number of nitrogens with one attached hydrogen (secondary N) is 2. The zero-order chi connectivity index (χ0) is 14.8. The van der Waals surface area contributed by atoms with E-state index in [2.05, 4.69) is 15.5 Å². The molecular formula is C14H17ClN4OS. The monoisotopic (exact) mass is 324 g/mol. The van der Waals surface area contributed by atoms with Gasteiger partial charge in [0.15, 0.2) is 5.16 Å². The molecule has 3 rings (SSSR count). The summed E-state index contributed by atoms with van der Waals surface area (Å²) in [6.07, 6.45) is 2.51. The standard InChI is InChI=1S/C14H17ClN4OS/c1-2-19-13(20)17-18-14(19)21-12-7-10(15)4-3-9(12)8-16-11-5-6-11/h3-4,7,11,16H,2,5-6,8H2,1H3,(H,17,20). The van der Waals surface area contributed by atoms with Crippen molar-refractivity contribution in [3.8, 4) is 0 Å². The third-order valence-electron chi connectivity index (χ3n) is 3.43. The van der Waals surface area contributed by atoms with E-state index in [1.807, 2.05) is 25.1 Å². The third kappa shape index (κ3) is 3.51. The summed E-state index contributed by atoms with van der Waals surface area (Å²) in [5.74, 6) is 0. The molecule has 1 saturated carbocycles. The number of H-pyrrole nitrogens is 1. The van der Waals surface area contributed by atoms with Crippen LogP contribution in [0.1, 0.15) is 25.3 Å². The molecule has 2 aromatic rings. The fourth-order valence-electron chi connectivity index (χ4n) is 2.07. The van der Waals surface area contributed by atoms with E-state index in [0.717, 1.165) is 11.4 Å². The van der Waals surface area contributed by atoms with Crippen LogP contribution in [0.3, 0.4) is 0 Å². The Bertz CT molecular complexity index is 693. The van der Waals surface area contributed by atoms with Crippen LogP contribution < -0.4 is 11.0 Å². The molecule has 2 N–H and O–H groups in total. The van der Waals surface area contributed by atoms with Crippen molar-refractivity contribution in [1.29, 1.82) is 0 Å². The van der Waals surface area contributed by atoms with Gasteiger partial charge in [-0.15, -0.1) is 5.10 Å². The lowest BCUT2D eigenvalue weighted by Crippen LogP contribution is -2.17. The number of hydrogen-bond acceptors (Lipinski definition) is 4. The molecule has 7 heteroatoms. The summed E-state index contributed by atoms with van der Waals surface area (Å²) in [4.78, 5) is 12.7. The molecule has 0 aliphatic heterocycles. The molecule has 1 aliphatic rings. The van der Waals surface area contributed by atoms with E-state index in [1.165, 1.54) is 30.2 Å². The van der Waals surface area contributed by atoms with Gasteiger partial charge in [-0.1, -0.05) is 17.7 Å². The summed E-state index contributed by atoms with van der Waals surface area (Å²) in [6.45, 7) is 3.33. The Morgan fingerprint density at radius 3 is 3.05 bits per heavy atom. The van der Waals surface area contributed by atoms with Gasteiger partial charge in [-0.25, -0.2) is 9.89 Å². The van der Waals surface area contributed by atoms with Gasteiger partial charge in [-0.3, -0.25) is 4.57 Å². The predicted octanol–water partition coefficient (Wildman–Crippen LogP) is 2.65. The van der Waals surface area contributed by atoms with E-state index >= 15 is 0 Å². The van der Waals surface area contributed by atoms with Crippen molar-refractivity contribution < 1.29 is 0 Å². The summed E-state index contributed by atoms with van der Waals surface area (Å²) in [5, 5.41) is 11.4. The van der Waals surface area contributed by atoms with Gasteiger partial charge in [-0.05, 0) is 49.2 Å². The number of halogens is 1. The van der Waals surface area contributed by atoms with Crippen molar-refractivity contribution in [2.75, 3.05) is 0 Å². The van der Waals surface area contributed by atoms with Gasteiger partial charge < -0.3 is 5.32 Å². The molecule has 0 amide bonds. The van der Waals surface area contributed by atoms with Gasteiger partial charge in [0.25, 0.3) is 0 Å². The second-order valence-corrected chi connectivity index (χ2v) is 6.51. The van der Waals surface area contributed by atoms with Crippen LogP contribution in [0.15, 0.2) is 33.0 Å². The highest BCUT2D eigenvalue weighted by Gasteiger charge is 2.21. The summed E-state index contributed by atoms with van der Waals surface area (Å²) < 4.78 is 1.61. The highest BCUT2D eigenvalue weighted by Crippen LogP contribution is 2.31. The molecule has 0 unspecified atom stereocenters. The van der Waals surface area contributed by atoms with Crippen LogP contribution in [0.2, 0.25) is 5.02 Å². The smallest absolute Gasteiger partial charge is 0.310 e. The van der Waals surface area contributed by atoms with Crippen LogP contribution in [-0.2, 0) is 13.1 Å². The first kappa shape index (κ1) is 14.7. The second kappa shape index (κ2) is 6.25. The molecule has 0 radical (unpaired) electrons. The van der Waals surface area contributed by atoms with E-state index in [9.17, 15) is 4.79 Å². The minimum atomic E-state index is -0.181. The molecular weight excluding hydrogens is 308 g/mol. The quantitative estimate of drug-likeness (QED) is 0.857. The molecule has 112 valence electrons. The van der Waals surface area contributed by atoms with Gasteiger partial charge in [0.2, 0.25) is 0 Å². The maximum absolute atomic E-state index is 11.6. The number of hydrogen-bond donors (Lipinski definition) is 2. The normalized spacial score (nSPS) is 14.6. The zero-order valence-electron chi connectivity index (χ0n) is 11.7. The van der Waals surface area contributed by atoms with E-state index < -0.39 is 0 Å². The summed E-state index contributed by atoms with van der Waals surface area (Å²) in [6, 6.07) is 6.50. The fourth-order valence-corrected chi connectivity index (χ4v) is 3.37. The summed E-state index contributed by atoms with van der Waals surface area (Å²) >= 11 is 7.58. The van der Waals surface area contributed by atoms with Crippen LogP contribution in [0.4, 0.5) is 0 Å². The molecule has 1 aliphatic carbocycles. The van der Waals surface area contributed by atoms with Crippen molar-refractivity contribution >= 4 is 23.4 Å². The van der Waals surface area contributed by atoms with Gasteiger partial charge in [0.05, 0.1) is 0 Å². The Labute approximate surface area is 132 Å². The van der Waals surface area contributed by atoms with Crippen LogP contribution in [-0.4, -0.2) is 20.8 Å². The van der Waals surface area contributed by atoms with E-state index in [0.29, 0.717) is 22.8 Å². The lowest BCUT2D eigenvalue weighted by Gasteiger charge is -2.10. The SMILES string of the molecule is CCn1c(Sc2cc(Cl)ccc2CNC2CC2)n[nH]c1=O. The number of nitrogens with zero attached hydrogens (tertiary/aromatic N) is 2. The lowest BCUT2D eigenvalue weighted by molar-refractivity contribution is 0.659. The molecule has 1 heterocycles. The largest absolute Gasteiger partial charge is 0.343 e. The minimum absolute atomic E-state index is 0.181. The fraction of sp³-hybridized carbons (Fsp3) is 0.429. The molecule has 1 aromatic heterocycles. The summed E-state index contributed by atoms with van der Waals surface area (Å²) in [5.41, 5.74) is 0.995. The van der Waals surface area contributed by atoms with Gasteiger partial charge in [-0.2, -0.15) is 0 Å². The average Bonchev–Trinajstić information content (AvgIpc) is 3.22. The highest BCUT2D eigenvalue weighted by molar-refractivity contribution is 7.99. The third-order valence-corrected chi connectivity index (χ3v) is 4.76. The topological polar surface area (TPSA) is 62.7 Å². The molecule has 1 fully saturated rings. The first-order valence-corrected chi connectivity index (χ1v) is 8.21. The van der Waals surface area contributed by atoms with E-state index in [4.69, 9.17) is 11.6 Å². The van der Waals surface area contributed by atoms with Gasteiger partial charge >= 0.3 is 5.69 Å². The molecule has 21 heavy (non-hydrogen) atoms. The highest BCUT2D eigenvalue weighted by atomic mass is 35.5. The number of benzene rings is 1. The molecule has 0 saturated heterocycles. The first-order valence-electron chi connectivity index (χ1n) is 7.02. The van der Waals surface area contributed by atoms with Crippen molar-refractivity contribution in [2.45, 2.75) is 48.9 Å². The van der Waals surface area contributed by atoms with Crippen molar-refractivity contribution in [1.82, 2.24) is 20.1 Å². The van der Waals surface area contributed by atoms with Crippen LogP contribution in [0, 0.1) is 0 Å². The van der Waals surface area contributed by atoms with Crippen LogP contribution >= 0.6 is 23.4 Å². The van der Waals surface area contributed by atoms with Crippen molar-refractivity contribution in [3.63, 3.8) is 0 Å². The maximum Gasteiger partial charge on any atom is 0.343 e. The van der Waals surface area contributed by atoms with Gasteiger partial charge in [0.1, 0.15) is 0 Å².